The van der Waals surface area contributed by atoms with Crippen LogP contribution in [-0.4, -0.2) is 58.9 Å². The second-order valence-corrected chi connectivity index (χ2v) is 6.89. The molecule has 2 unspecified atom stereocenters. The zero-order chi connectivity index (χ0) is 17.8. The molecular formula is C19H24N2O4. The second-order valence-electron chi connectivity index (χ2n) is 6.89. The van der Waals surface area contributed by atoms with Gasteiger partial charge in [-0.15, -0.1) is 0 Å². The van der Waals surface area contributed by atoms with Crippen LogP contribution in [0.1, 0.15) is 37.2 Å². The molecule has 2 aliphatic rings. The summed E-state index contributed by atoms with van der Waals surface area (Å²) in [5.41, 5.74) is 0.941. The number of benzene rings is 1. The number of carbonyl (C=O) groups excluding carboxylic acids is 2. The van der Waals surface area contributed by atoms with Crippen molar-refractivity contribution in [3.05, 3.63) is 35.9 Å². The number of aliphatic carboxylic acids is 1. The number of amides is 2. The summed E-state index contributed by atoms with van der Waals surface area (Å²) in [6, 6.07) is 9.48. The van der Waals surface area contributed by atoms with Crippen LogP contribution in [0.4, 0.5) is 0 Å². The number of carboxylic acid groups (broad SMARTS) is 1. The molecule has 6 nitrogen and oxygen atoms in total. The highest BCUT2D eigenvalue weighted by Gasteiger charge is 2.40. The highest BCUT2D eigenvalue weighted by molar-refractivity contribution is 5.86. The highest BCUT2D eigenvalue weighted by atomic mass is 16.4. The Labute approximate surface area is 147 Å². The Hall–Kier alpha value is -2.37. The van der Waals surface area contributed by atoms with Crippen LogP contribution >= 0.6 is 0 Å². The Morgan fingerprint density at radius 2 is 1.84 bits per heavy atom. The topological polar surface area (TPSA) is 77.9 Å². The van der Waals surface area contributed by atoms with Gasteiger partial charge in [0.2, 0.25) is 11.8 Å². The fourth-order valence-corrected chi connectivity index (χ4v) is 3.76. The first kappa shape index (κ1) is 17.5. The fraction of sp³-hybridized carbons (Fsp3) is 0.526. The average molecular weight is 344 g/mol. The Balaban J connectivity index is 1.69. The summed E-state index contributed by atoms with van der Waals surface area (Å²) < 4.78 is 0. The van der Waals surface area contributed by atoms with Gasteiger partial charge >= 0.3 is 5.97 Å². The van der Waals surface area contributed by atoms with E-state index in [-0.39, 0.29) is 30.8 Å². The van der Waals surface area contributed by atoms with Gasteiger partial charge < -0.3 is 14.9 Å². The summed E-state index contributed by atoms with van der Waals surface area (Å²) >= 11 is 0. The maximum Gasteiger partial charge on any atom is 0.308 e. The Kier molecular flexibility index (Phi) is 5.36. The first-order valence-corrected chi connectivity index (χ1v) is 8.89. The monoisotopic (exact) mass is 344 g/mol. The maximum absolute atomic E-state index is 12.7. The van der Waals surface area contributed by atoms with Gasteiger partial charge in [0.05, 0.1) is 12.5 Å². The second kappa shape index (κ2) is 7.68. The average Bonchev–Trinajstić information content (AvgIpc) is 2.97. The molecule has 134 valence electrons. The van der Waals surface area contributed by atoms with Gasteiger partial charge in [0.1, 0.15) is 0 Å². The molecule has 2 heterocycles. The molecule has 0 bridgehead atoms. The van der Waals surface area contributed by atoms with E-state index >= 15 is 0 Å². The van der Waals surface area contributed by atoms with Crippen LogP contribution in [0.2, 0.25) is 0 Å². The Bertz CT molecular complexity index is 646. The lowest BCUT2D eigenvalue weighted by Gasteiger charge is -2.24. The molecule has 6 heteroatoms. The first-order valence-electron chi connectivity index (χ1n) is 8.89. The van der Waals surface area contributed by atoms with Crippen molar-refractivity contribution in [2.75, 3.05) is 26.2 Å². The standard InChI is InChI=1S/C19H24N2O4/c22-17-9-5-2-6-10-20(17)13-18(23)21-11-15(16(12-21)19(24)25)14-7-3-1-4-8-14/h1,3-4,7-8,15-16H,2,5-6,9-13H2,(H,24,25). The number of nitrogens with zero attached hydrogens (tertiary/aromatic N) is 2. The SMILES string of the molecule is O=C(O)C1CN(C(=O)CN2CCCCCC2=O)CC1c1ccccc1. The lowest BCUT2D eigenvalue weighted by Crippen LogP contribution is -2.42. The van der Waals surface area contributed by atoms with Crippen molar-refractivity contribution in [1.29, 1.82) is 0 Å². The lowest BCUT2D eigenvalue weighted by atomic mass is 9.89. The maximum atomic E-state index is 12.7. The third kappa shape index (κ3) is 4.00. The van der Waals surface area contributed by atoms with E-state index in [9.17, 15) is 19.5 Å². The van der Waals surface area contributed by atoms with Gasteiger partial charge in [-0.2, -0.15) is 0 Å². The van der Waals surface area contributed by atoms with Gasteiger partial charge in [-0.3, -0.25) is 14.4 Å². The molecule has 2 amide bonds. The van der Waals surface area contributed by atoms with Crippen molar-refractivity contribution in [3.63, 3.8) is 0 Å². The molecule has 0 aromatic heterocycles. The largest absolute Gasteiger partial charge is 0.481 e. The van der Waals surface area contributed by atoms with Gasteiger partial charge in [-0.25, -0.2) is 0 Å². The quantitative estimate of drug-likeness (QED) is 0.902. The highest BCUT2D eigenvalue weighted by Crippen LogP contribution is 2.33. The summed E-state index contributed by atoms with van der Waals surface area (Å²) in [6.07, 6.45) is 3.31. The van der Waals surface area contributed by atoms with E-state index in [0.29, 0.717) is 19.5 Å². The Morgan fingerprint density at radius 3 is 2.56 bits per heavy atom. The van der Waals surface area contributed by atoms with Crippen molar-refractivity contribution in [2.45, 2.75) is 31.6 Å². The summed E-state index contributed by atoms with van der Waals surface area (Å²) in [7, 11) is 0. The number of hydrogen-bond acceptors (Lipinski definition) is 3. The minimum absolute atomic E-state index is 0.0273. The van der Waals surface area contributed by atoms with E-state index in [1.165, 1.54) is 0 Å². The third-order valence-corrected chi connectivity index (χ3v) is 5.21. The number of likely N-dealkylation sites (tertiary alicyclic amines) is 2. The van der Waals surface area contributed by atoms with E-state index in [1.54, 1.807) is 9.80 Å². The lowest BCUT2D eigenvalue weighted by molar-refractivity contribution is -0.143. The zero-order valence-corrected chi connectivity index (χ0v) is 14.3. The normalized spacial score (nSPS) is 24.2. The molecule has 0 spiro atoms. The van der Waals surface area contributed by atoms with E-state index in [2.05, 4.69) is 0 Å². The van der Waals surface area contributed by atoms with Gasteiger partial charge in [-0.05, 0) is 18.4 Å². The molecule has 2 atom stereocenters. The van der Waals surface area contributed by atoms with Crippen LogP contribution in [0.25, 0.3) is 0 Å². The molecule has 2 aliphatic heterocycles. The molecular weight excluding hydrogens is 320 g/mol. The molecule has 3 rings (SSSR count). The first-order chi connectivity index (χ1) is 12.1. The van der Waals surface area contributed by atoms with Crippen molar-refractivity contribution in [3.8, 4) is 0 Å². The molecule has 0 aliphatic carbocycles. The third-order valence-electron chi connectivity index (χ3n) is 5.21. The van der Waals surface area contributed by atoms with Crippen LogP contribution in [-0.2, 0) is 14.4 Å². The number of rotatable bonds is 4. The zero-order valence-electron chi connectivity index (χ0n) is 14.3. The molecule has 2 saturated heterocycles. The van der Waals surface area contributed by atoms with Gasteiger partial charge in [0, 0.05) is 32.0 Å². The van der Waals surface area contributed by atoms with Gasteiger partial charge in [0.15, 0.2) is 0 Å². The van der Waals surface area contributed by atoms with Crippen LogP contribution in [0, 0.1) is 5.92 Å². The Morgan fingerprint density at radius 1 is 1.08 bits per heavy atom. The van der Waals surface area contributed by atoms with Crippen molar-refractivity contribution in [1.82, 2.24) is 9.80 Å². The summed E-state index contributed by atoms with van der Waals surface area (Å²) in [4.78, 5) is 39.6. The molecule has 1 aromatic rings. The van der Waals surface area contributed by atoms with Crippen molar-refractivity contribution >= 4 is 17.8 Å². The number of carboxylic acids is 1. The summed E-state index contributed by atoms with van der Waals surface area (Å²) in [5.74, 6) is -1.82. The van der Waals surface area contributed by atoms with Gasteiger partial charge in [0.25, 0.3) is 0 Å². The van der Waals surface area contributed by atoms with Crippen LogP contribution in [0.5, 0.6) is 0 Å². The smallest absolute Gasteiger partial charge is 0.308 e. The van der Waals surface area contributed by atoms with E-state index in [0.717, 1.165) is 24.8 Å². The van der Waals surface area contributed by atoms with E-state index in [1.807, 2.05) is 30.3 Å². The predicted octanol–water partition coefficient (Wildman–Crippen LogP) is 1.72. The molecule has 1 N–H and O–H groups in total. The summed E-state index contributed by atoms with van der Waals surface area (Å²) in [5, 5.41) is 9.54. The van der Waals surface area contributed by atoms with Crippen molar-refractivity contribution in [2.24, 2.45) is 5.92 Å². The van der Waals surface area contributed by atoms with Crippen LogP contribution < -0.4 is 0 Å². The van der Waals surface area contributed by atoms with Crippen LogP contribution in [0.3, 0.4) is 0 Å². The fourth-order valence-electron chi connectivity index (χ4n) is 3.76. The minimum atomic E-state index is -0.880. The van der Waals surface area contributed by atoms with Crippen LogP contribution in [0.15, 0.2) is 30.3 Å². The molecule has 2 fully saturated rings. The molecule has 0 radical (unpaired) electrons. The van der Waals surface area contributed by atoms with E-state index < -0.39 is 11.9 Å². The van der Waals surface area contributed by atoms with E-state index in [4.69, 9.17) is 0 Å². The van der Waals surface area contributed by atoms with Crippen molar-refractivity contribution < 1.29 is 19.5 Å². The predicted molar refractivity (Wildman–Crippen MR) is 91.9 cm³/mol. The number of carbonyl (C=O) groups is 3. The summed E-state index contributed by atoms with van der Waals surface area (Å²) in [6.45, 7) is 1.27. The molecule has 1 aromatic carbocycles. The van der Waals surface area contributed by atoms with Gasteiger partial charge in [-0.1, -0.05) is 36.8 Å². The molecule has 0 saturated carbocycles. The minimum Gasteiger partial charge on any atom is -0.481 e. The molecule has 25 heavy (non-hydrogen) atoms. The number of hydrogen-bond donors (Lipinski definition) is 1.